The molecular weight excluding hydrogens is 374 g/mol. The number of ether oxygens (including phenoxy) is 1. The van der Waals surface area contributed by atoms with Crippen LogP contribution in [0, 0.1) is 17.3 Å². The molecule has 5 rings (SSSR count). The largest absolute Gasteiger partial charge is 0.465 e. The lowest BCUT2D eigenvalue weighted by Crippen LogP contribution is -2.51. The number of fused-ring (bicyclic) bond motifs is 4. The molecule has 1 unspecified atom stereocenters. The van der Waals surface area contributed by atoms with Crippen LogP contribution in [0.2, 0.25) is 0 Å². The van der Waals surface area contributed by atoms with Gasteiger partial charge in [-0.25, -0.2) is 0 Å². The highest BCUT2D eigenvalue weighted by Crippen LogP contribution is 2.60. The van der Waals surface area contributed by atoms with Crippen LogP contribution in [0.1, 0.15) is 56.9 Å². The molecule has 1 aromatic rings. The fourth-order valence-electron chi connectivity index (χ4n) is 6.46. The lowest BCUT2D eigenvalue weighted by molar-refractivity contribution is -0.171. The zero-order valence-electron chi connectivity index (χ0n) is 18.2. The molecule has 4 heteroatoms. The molecule has 2 saturated carbocycles. The third-order valence-electron chi connectivity index (χ3n) is 8.04. The summed E-state index contributed by atoms with van der Waals surface area (Å²) in [6.45, 7) is 2.67. The van der Waals surface area contributed by atoms with Gasteiger partial charge in [0, 0.05) is 38.5 Å². The quantitative estimate of drug-likeness (QED) is 0.663. The van der Waals surface area contributed by atoms with Gasteiger partial charge < -0.3 is 9.64 Å². The number of Topliss-reactive ketones (excluding diaryl/α,β-unsaturated/α-hetero) is 1. The van der Waals surface area contributed by atoms with Crippen LogP contribution in [0.15, 0.2) is 47.1 Å². The van der Waals surface area contributed by atoms with Crippen molar-refractivity contribution < 1.29 is 14.3 Å². The minimum atomic E-state index is -0.437. The minimum Gasteiger partial charge on any atom is -0.465 e. The first-order chi connectivity index (χ1) is 14.4. The van der Waals surface area contributed by atoms with Gasteiger partial charge >= 0.3 is 5.97 Å². The Labute approximate surface area is 179 Å². The van der Waals surface area contributed by atoms with Gasteiger partial charge in [-0.2, -0.15) is 0 Å². The molecule has 0 amide bonds. The van der Waals surface area contributed by atoms with E-state index in [-0.39, 0.29) is 11.9 Å². The number of anilines is 1. The molecule has 1 aromatic carbocycles. The van der Waals surface area contributed by atoms with Crippen molar-refractivity contribution in [2.75, 3.05) is 25.6 Å². The van der Waals surface area contributed by atoms with E-state index in [0.717, 1.165) is 25.7 Å². The zero-order chi connectivity index (χ0) is 21.0. The summed E-state index contributed by atoms with van der Waals surface area (Å²) in [5.41, 5.74) is 6.23. The van der Waals surface area contributed by atoms with E-state index in [1.165, 1.54) is 28.0 Å². The van der Waals surface area contributed by atoms with E-state index in [1.54, 1.807) is 0 Å². The Bertz CT molecular complexity index is 955. The number of cyclic esters (lactones) is 1. The van der Waals surface area contributed by atoms with E-state index < -0.39 is 5.41 Å². The van der Waals surface area contributed by atoms with E-state index in [9.17, 15) is 9.59 Å². The van der Waals surface area contributed by atoms with Crippen LogP contribution in [0.4, 0.5) is 5.69 Å². The number of rotatable bonds is 2. The summed E-state index contributed by atoms with van der Waals surface area (Å²) in [6.07, 6.45) is 7.09. The molecule has 1 saturated heterocycles. The number of carbonyl (C=O) groups excluding carboxylic acids is 2. The van der Waals surface area contributed by atoms with Crippen molar-refractivity contribution in [3.8, 4) is 0 Å². The van der Waals surface area contributed by atoms with E-state index >= 15 is 0 Å². The smallest absolute Gasteiger partial charge is 0.312 e. The van der Waals surface area contributed by atoms with E-state index in [2.05, 4.69) is 56.3 Å². The van der Waals surface area contributed by atoms with Gasteiger partial charge in [0.05, 0.1) is 12.0 Å². The summed E-state index contributed by atoms with van der Waals surface area (Å²) < 4.78 is 5.56. The molecule has 30 heavy (non-hydrogen) atoms. The van der Waals surface area contributed by atoms with E-state index in [4.69, 9.17) is 4.74 Å². The Kier molecular flexibility index (Phi) is 4.64. The monoisotopic (exact) mass is 405 g/mol. The van der Waals surface area contributed by atoms with Gasteiger partial charge in [-0.05, 0) is 73.3 Å². The van der Waals surface area contributed by atoms with Crippen LogP contribution in [0.5, 0.6) is 0 Å². The number of benzene rings is 1. The summed E-state index contributed by atoms with van der Waals surface area (Å²) in [5, 5.41) is 0. The number of allylic oxidation sites excluding steroid dienone is 4. The van der Waals surface area contributed by atoms with Crippen LogP contribution in [-0.2, 0) is 14.3 Å². The third kappa shape index (κ3) is 2.95. The van der Waals surface area contributed by atoms with Crippen molar-refractivity contribution in [1.82, 2.24) is 0 Å². The molecule has 3 aliphatic carbocycles. The Morgan fingerprint density at radius 2 is 1.87 bits per heavy atom. The molecule has 158 valence electrons. The number of esters is 1. The van der Waals surface area contributed by atoms with Crippen LogP contribution in [0.3, 0.4) is 0 Å². The summed E-state index contributed by atoms with van der Waals surface area (Å²) in [4.78, 5) is 27.2. The second-order valence-electron chi connectivity index (χ2n) is 9.91. The van der Waals surface area contributed by atoms with Gasteiger partial charge in [0.25, 0.3) is 0 Å². The molecule has 1 heterocycles. The minimum absolute atomic E-state index is 0.0219. The summed E-state index contributed by atoms with van der Waals surface area (Å²) in [7, 11) is 4.11. The predicted molar refractivity (Wildman–Crippen MR) is 117 cm³/mol. The topological polar surface area (TPSA) is 46.6 Å². The molecule has 4 nitrogen and oxygen atoms in total. The highest BCUT2D eigenvalue weighted by molar-refractivity contribution is 5.85. The number of hydrogen-bond acceptors (Lipinski definition) is 4. The van der Waals surface area contributed by atoms with E-state index in [1.807, 2.05) is 0 Å². The van der Waals surface area contributed by atoms with Crippen molar-refractivity contribution in [1.29, 1.82) is 0 Å². The summed E-state index contributed by atoms with van der Waals surface area (Å²) >= 11 is 0. The zero-order valence-corrected chi connectivity index (χ0v) is 18.2. The number of carbonyl (C=O) groups is 2. The van der Waals surface area contributed by atoms with Gasteiger partial charge in [-0.15, -0.1) is 0 Å². The number of ketones is 1. The van der Waals surface area contributed by atoms with Crippen LogP contribution < -0.4 is 4.90 Å². The van der Waals surface area contributed by atoms with Gasteiger partial charge in [0.1, 0.15) is 5.78 Å². The Morgan fingerprint density at radius 1 is 1.10 bits per heavy atom. The maximum atomic E-state index is 13.0. The molecule has 0 N–H and O–H groups in total. The molecule has 0 bridgehead atoms. The number of nitrogens with zero attached hydrogens (tertiary/aromatic N) is 1. The van der Waals surface area contributed by atoms with Crippen molar-refractivity contribution in [3.63, 3.8) is 0 Å². The molecular formula is C26H31NO3. The first-order valence-corrected chi connectivity index (χ1v) is 11.3. The average molecular weight is 406 g/mol. The maximum Gasteiger partial charge on any atom is 0.312 e. The maximum absolute atomic E-state index is 13.0. The Balaban J connectivity index is 1.63. The first-order valence-electron chi connectivity index (χ1n) is 11.3. The highest BCUT2D eigenvalue weighted by Gasteiger charge is 2.56. The lowest BCUT2D eigenvalue weighted by Gasteiger charge is -2.53. The lowest BCUT2D eigenvalue weighted by atomic mass is 9.52. The summed E-state index contributed by atoms with van der Waals surface area (Å²) in [5.74, 6) is 1.25. The van der Waals surface area contributed by atoms with Crippen molar-refractivity contribution >= 4 is 17.4 Å². The molecule has 4 atom stereocenters. The molecule has 0 radical (unpaired) electrons. The SMILES string of the molecule is CN(C)c1ccc(C2C[C@]3(C)C(=O)OCC[C@H]3[C@@H]3CC=C4CC(=O)CCC4=C23)cc1. The molecule has 0 aromatic heterocycles. The first kappa shape index (κ1) is 19.6. The van der Waals surface area contributed by atoms with Gasteiger partial charge in [0.15, 0.2) is 0 Å². The molecule has 0 spiro atoms. The number of hydrogen-bond donors (Lipinski definition) is 0. The Hall–Kier alpha value is -2.36. The fraction of sp³-hybridized carbons (Fsp3) is 0.538. The van der Waals surface area contributed by atoms with Crippen LogP contribution in [-0.4, -0.2) is 32.5 Å². The summed E-state index contributed by atoms with van der Waals surface area (Å²) in [6, 6.07) is 8.81. The standard InChI is InChI=1S/C26H31NO3/c1-26-15-22(16-4-7-18(8-5-16)27(2)3)24-20-11-9-19(28)14-17(20)6-10-21(24)23(26)12-13-30-25(26)29/h4-8,21-23H,9-15H2,1-3H3/t21-,22?,23-,26-/m0/s1. The van der Waals surface area contributed by atoms with Gasteiger partial charge in [-0.1, -0.05) is 23.8 Å². The fourth-order valence-corrected chi connectivity index (χ4v) is 6.46. The van der Waals surface area contributed by atoms with Gasteiger partial charge in [0.2, 0.25) is 0 Å². The second-order valence-corrected chi connectivity index (χ2v) is 9.91. The second kappa shape index (κ2) is 7.11. The molecule has 4 aliphatic rings. The predicted octanol–water partition coefficient (Wildman–Crippen LogP) is 4.81. The Morgan fingerprint density at radius 3 is 2.60 bits per heavy atom. The normalized spacial score (nSPS) is 33.2. The van der Waals surface area contributed by atoms with Crippen molar-refractivity contribution in [2.24, 2.45) is 17.3 Å². The van der Waals surface area contributed by atoms with Gasteiger partial charge in [-0.3, -0.25) is 9.59 Å². The van der Waals surface area contributed by atoms with Crippen molar-refractivity contribution in [2.45, 2.75) is 51.4 Å². The van der Waals surface area contributed by atoms with Crippen LogP contribution in [0.25, 0.3) is 0 Å². The van der Waals surface area contributed by atoms with Crippen LogP contribution >= 0.6 is 0 Å². The highest BCUT2D eigenvalue weighted by atomic mass is 16.5. The molecule has 1 aliphatic heterocycles. The average Bonchev–Trinajstić information content (AvgIpc) is 2.73. The third-order valence-corrected chi connectivity index (χ3v) is 8.04. The molecule has 3 fully saturated rings. The van der Waals surface area contributed by atoms with E-state index in [0.29, 0.717) is 37.1 Å². The van der Waals surface area contributed by atoms with Crippen molar-refractivity contribution in [3.05, 3.63) is 52.6 Å².